The Hall–Kier alpha value is -2.06. The number of benzene rings is 1. The van der Waals surface area contributed by atoms with Crippen molar-refractivity contribution in [2.24, 2.45) is 0 Å². The Balaban J connectivity index is 1.38. The average molecular weight is 458 g/mol. The van der Waals surface area contributed by atoms with Gasteiger partial charge in [0, 0.05) is 30.6 Å². The molecule has 0 spiro atoms. The van der Waals surface area contributed by atoms with Crippen LogP contribution in [-0.2, 0) is 24.2 Å². The first-order valence-corrected chi connectivity index (χ1v) is 11.8. The number of carbonyl (C=O) groups excluding carboxylic acids is 1. The maximum atomic E-state index is 13.0. The minimum Gasteiger partial charge on any atom is -0.336 e. The van der Waals surface area contributed by atoms with Gasteiger partial charge in [-0.05, 0) is 44.5 Å². The summed E-state index contributed by atoms with van der Waals surface area (Å²) >= 11 is 8.01. The molecule has 8 heteroatoms. The SMILES string of the molecule is CN(C)CCN(Cc1ccccc1)C(=O)CNC1CCc2c(sc3ncnc(Cl)c23)C1. The van der Waals surface area contributed by atoms with Gasteiger partial charge >= 0.3 is 0 Å². The molecule has 164 valence electrons. The number of carbonyl (C=O) groups is 1. The van der Waals surface area contributed by atoms with Crippen molar-refractivity contribution >= 4 is 39.1 Å². The highest BCUT2D eigenvalue weighted by molar-refractivity contribution is 7.19. The van der Waals surface area contributed by atoms with Gasteiger partial charge < -0.3 is 15.1 Å². The molecule has 4 rings (SSSR count). The quantitative estimate of drug-likeness (QED) is 0.525. The zero-order valence-electron chi connectivity index (χ0n) is 18.0. The second kappa shape index (κ2) is 10.0. The highest BCUT2D eigenvalue weighted by Crippen LogP contribution is 2.37. The summed E-state index contributed by atoms with van der Waals surface area (Å²) in [5.41, 5.74) is 2.44. The lowest BCUT2D eigenvalue weighted by Crippen LogP contribution is -2.44. The van der Waals surface area contributed by atoms with Crippen molar-refractivity contribution in [3.8, 4) is 0 Å². The molecule has 1 aliphatic rings. The smallest absolute Gasteiger partial charge is 0.236 e. The summed E-state index contributed by atoms with van der Waals surface area (Å²) in [6, 6.07) is 10.5. The molecule has 1 aliphatic carbocycles. The normalized spacial score (nSPS) is 15.9. The number of hydrogen-bond donors (Lipinski definition) is 1. The van der Waals surface area contributed by atoms with Crippen LogP contribution < -0.4 is 5.32 Å². The van der Waals surface area contributed by atoms with Gasteiger partial charge in [-0.25, -0.2) is 9.97 Å². The van der Waals surface area contributed by atoms with Crippen LogP contribution in [0.2, 0.25) is 5.15 Å². The fourth-order valence-corrected chi connectivity index (χ4v) is 5.58. The van der Waals surface area contributed by atoms with Gasteiger partial charge in [-0.15, -0.1) is 11.3 Å². The van der Waals surface area contributed by atoms with Crippen molar-refractivity contribution in [2.75, 3.05) is 33.7 Å². The Morgan fingerprint density at radius 1 is 1.23 bits per heavy atom. The third kappa shape index (κ3) is 5.41. The molecule has 1 aromatic carbocycles. The maximum Gasteiger partial charge on any atom is 0.236 e. The summed E-state index contributed by atoms with van der Waals surface area (Å²) < 4.78 is 0. The third-order valence-electron chi connectivity index (χ3n) is 5.73. The number of hydrogen-bond acceptors (Lipinski definition) is 6. The van der Waals surface area contributed by atoms with Crippen LogP contribution in [0.4, 0.5) is 0 Å². The Kier molecular flexibility index (Phi) is 7.17. The Morgan fingerprint density at radius 3 is 2.81 bits per heavy atom. The first kappa shape index (κ1) is 22.1. The standard InChI is InChI=1S/C23H28ClN5OS/c1-28(2)10-11-29(14-16-6-4-3-5-7-16)20(30)13-25-17-8-9-18-19(12-17)31-23-21(18)22(24)26-15-27-23/h3-7,15,17,25H,8-14H2,1-2H3. The highest BCUT2D eigenvalue weighted by atomic mass is 35.5. The molecule has 0 aliphatic heterocycles. The lowest BCUT2D eigenvalue weighted by molar-refractivity contribution is -0.131. The molecule has 0 saturated carbocycles. The zero-order valence-corrected chi connectivity index (χ0v) is 19.5. The average Bonchev–Trinajstić information content (AvgIpc) is 3.14. The molecular weight excluding hydrogens is 430 g/mol. The van der Waals surface area contributed by atoms with Gasteiger partial charge in [0.1, 0.15) is 16.3 Å². The van der Waals surface area contributed by atoms with Crippen LogP contribution in [0.3, 0.4) is 0 Å². The van der Waals surface area contributed by atoms with Gasteiger partial charge in [-0.3, -0.25) is 4.79 Å². The number of halogens is 1. The van der Waals surface area contributed by atoms with E-state index in [2.05, 4.69) is 32.3 Å². The monoisotopic (exact) mass is 457 g/mol. The van der Waals surface area contributed by atoms with Gasteiger partial charge in [0.25, 0.3) is 0 Å². The van der Waals surface area contributed by atoms with Crippen LogP contribution in [0.15, 0.2) is 36.7 Å². The van der Waals surface area contributed by atoms with Gasteiger partial charge in [-0.1, -0.05) is 41.9 Å². The van der Waals surface area contributed by atoms with Crippen molar-refractivity contribution in [2.45, 2.75) is 31.8 Å². The molecule has 0 saturated heterocycles. The molecule has 1 atom stereocenters. The zero-order chi connectivity index (χ0) is 21.8. The van der Waals surface area contributed by atoms with Crippen molar-refractivity contribution in [3.63, 3.8) is 0 Å². The van der Waals surface area contributed by atoms with Crippen molar-refractivity contribution in [1.82, 2.24) is 25.1 Å². The molecule has 1 N–H and O–H groups in total. The number of aryl methyl sites for hydroxylation is 1. The number of nitrogens with one attached hydrogen (secondary N) is 1. The first-order chi connectivity index (χ1) is 15.0. The van der Waals surface area contributed by atoms with E-state index < -0.39 is 0 Å². The van der Waals surface area contributed by atoms with Crippen LogP contribution in [0.25, 0.3) is 10.2 Å². The van der Waals surface area contributed by atoms with Crippen LogP contribution in [-0.4, -0.2) is 65.4 Å². The second-order valence-electron chi connectivity index (χ2n) is 8.27. The minimum absolute atomic E-state index is 0.141. The van der Waals surface area contributed by atoms with E-state index in [9.17, 15) is 4.79 Å². The van der Waals surface area contributed by atoms with E-state index in [4.69, 9.17) is 11.6 Å². The summed E-state index contributed by atoms with van der Waals surface area (Å²) in [6.45, 7) is 2.54. The molecule has 1 amide bonds. The second-order valence-corrected chi connectivity index (χ2v) is 9.71. The van der Waals surface area contributed by atoms with Gasteiger partial charge in [0.05, 0.1) is 11.9 Å². The molecule has 2 heterocycles. The fraction of sp³-hybridized carbons (Fsp3) is 0.435. The number of likely N-dealkylation sites (N-methyl/N-ethyl adjacent to an activating group) is 1. The van der Waals surface area contributed by atoms with Crippen molar-refractivity contribution in [1.29, 1.82) is 0 Å². The molecule has 31 heavy (non-hydrogen) atoms. The topological polar surface area (TPSA) is 61.4 Å². The number of rotatable bonds is 8. The van der Waals surface area contributed by atoms with E-state index in [1.165, 1.54) is 16.8 Å². The van der Waals surface area contributed by atoms with Crippen LogP contribution >= 0.6 is 22.9 Å². The molecule has 0 bridgehead atoms. The number of aromatic nitrogens is 2. The van der Waals surface area contributed by atoms with Crippen LogP contribution in [0.5, 0.6) is 0 Å². The fourth-order valence-electron chi connectivity index (χ4n) is 4.01. The lowest BCUT2D eigenvalue weighted by atomic mass is 9.93. The van der Waals surface area contributed by atoms with E-state index in [0.717, 1.165) is 41.6 Å². The number of nitrogens with zero attached hydrogens (tertiary/aromatic N) is 4. The lowest BCUT2D eigenvalue weighted by Gasteiger charge is -2.27. The van der Waals surface area contributed by atoms with Crippen molar-refractivity contribution < 1.29 is 4.79 Å². The molecule has 0 radical (unpaired) electrons. The third-order valence-corrected chi connectivity index (χ3v) is 7.18. The van der Waals surface area contributed by atoms with Crippen LogP contribution in [0.1, 0.15) is 22.4 Å². The molecule has 2 aromatic heterocycles. The number of amides is 1. The minimum atomic E-state index is 0.141. The van der Waals surface area contributed by atoms with Gasteiger partial charge in [-0.2, -0.15) is 0 Å². The summed E-state index contributed by atoms with van der Waals surface area (Å²) in [5, 5.41) is 5.06. The van der Waals surface area contributed by atoms with E-state index in [1.807, 2.05) is 37.2 Å². The Morgan fingerprint density at radius 2 is 2.03 bits per heavy atom. The summed E-state index contributed by atoms with van der Waals surface area (Å²) in [5.74, 6) is 0.141. The highest BCUT2D eigenvalue weighted by Gasteiger charge is 2.25. The van der Waals surface area contributed by atoms with E-state index in [0.29, 0.717) is 24.8 Å². The van der Waals surface area contributed by atoms with E-state index in [1.54, 1.807) is 11.3 Å². The van der Waals surface area contributed by atoms with E-state index >= 15 is 0 Å². The molecule has 1 unspecified atom stereocenters. The van der Waals surface area contributed by atoms with Crippen molar-refractivity contribution in [3.05, 3.63) is 57.8 Å². The summed E-state index contributed by atoms with van der Waals surface area (Å²) in [4.78, 5) is 27.9. The molecule has 3 aromatic rings. The Bertz CT molecular complexity index is 1040. The predicted molar refractivity (Wildman–Crippen MR) is 127 cm³/mol. The number of thiophene rings is 1. The number of fused-ring (bicyclic) bond motifs is 3. The predicted octanol–water partition coefficient (Wildman–Crippen LogP) is 3.38. The molecular formula is C23H28ClN5OS. The maximum absolute atomic E-state index is 13.0. The molecule has 0 fully saturated rings. The Labute approximate surface area is 192 Å². The first-order valence-electron chi connectivity index (χ1n) is 10.6. The van der Waals surface area contributed by atoms with Crippen LogP contribution in [0, 0.1) is 0 Å². The van der Waals surface area contributed by atoms with E-state index in [-0.39, 0.29) is 11.9 Å². The summed E-state index contributed by atoms with van der Waals surface area (Å²) in [7, 11) is 4.06. The van der Waals surface area contributed by atoms with Gasteiger partial charge in [0.2, 0.25) is 5.91 Å². The van der Waals surface area contributed by atoms with Gasteiger partial charge in [0.15, 0.2) is 0 Å². The largest absolute Gasteiger partial charge is 0.336 e. The molecule has 6 nitrogen and oxygen atoms in total. The summed E-state index contributed by atoms with van der Waals surface area (Å²) in [6.07, 6.45) is 4.34.